The SMILES string of the molecule is CNc1cc(C(F)(F)F)cc(-c2cncc(C#N)c2)n1. The minimum Gasteiger partial charge on any atom is -0.373 e. The van der Waals surface area contributed by atoms with Crippen molar-refractivity contribution in [2.75, 3.05) is 12.4 Å². The Morgan fingerprint density at radius 1 is 1.20 bits per heavy atom. The van der Waals surface area contributed by atoms with Gasteiger partial charge >= 0.3 is 6.18 Å². The number of anilines is 1. The van der Waals surface area contributed by atoms with Crippen molar-refractivity contribution in [3.63, 3.8) is 0 Å². The van der Waals surface area contributed by atoms with E-state index in [0.29, 0.717) is 5.56 Å². The second kappa shape index (κ2) is 5.17. The van der Waals surface area contributed by atoms with Crippen LogP contribution in [0.3, 0.4) is 0 Å². The van der Waals surface area contributed by atoms with Gasteiger partial charge in [-0.05, 0) is 18.2 Å². The molecule has 2 rings (SSSR count). The van der Waals surface area contributed by atoms with E-state index in [-0.39, 0.29) is 17.1 Å². The zero-order valence-corrected chi connectivity index (χ0v) is 10.4. The molecule has 0 unspecified atom stereocenters. The van der Waals surface area contributed by atoms with Gasteiger partial charge in [0.05, 0.1) is 16.8 Å². The van der Waals surface area contributed by atoms with Gasteiger partial charge in [-0.3, -0.25) is 4.98 Å². The number of rotatable bonds is 2. The Hall–Kier alpha value is -2.62. The topological polar surface area (TPSA) is 61.6 Å². The number of halogens is 3. The van der Waals surface area contributed by atoms with Crippen molar-refractivity contribution in [3.8, 4) is 17.3 Å². The van der Waals surface area contributed by atoms with E-state index >= 15 is 0 Å². The van der Waals surface area contributed by atoms with Gasteiger partial charge in [0, 0.05) is 25.0 Å². The van der Waals surface area contributed by atoms with Crippen LogP contribution in [-0.4, -0.2) is 17.0 Å². The van der Waals surface area contributed by atoms with E-state index in [1.54, 1.807) is 0 Å². The first-order valence-corrected chi connectivity index (χ1v) is 5.56. The van der Waals surface area contributed by atoms with E-state index in [2.05, 4.69) is 15.3 Å². The normalized spacial score (nSPS) is 10.9. The number of alkyl halides is 3. The van der Waals surface area contributed by atoms with Crippen LogP contribution in [-0.2, 0) is 6.18 Å². The molecule has 2 aromatic heterocycles. The predicted octanol–water partition coefficient (Wildman–Crippen LogP) is 3.08. The Labute approximate surface area is 112 Å². The van der Waals surface area contributed by atoms with Crippen LogP contribution >= 0.6 is 0 Å². The summed E-state index contributed by atoms with van der Waals surface area (Å²) < 4.78 is 38.5. The Bertz CT molecular complexity index is 674. The summed E-state index contributed by atoms with van der Waals surface area (Å²) in [4.78, 5) is 7.87. The fourth-order valence-electron chi connectivity index (χ4n) is 1.61. The van der Waals surface area contributed by atoms with Gasteiger partial charge in [0.15, 0.2) is 0 Å². The van der Waals surface area contributed by atoms with E-state index in [4.69, 9.17) is 5.26 Å². The Kier molecular flexibility index (Phi) is 3.57. The minimum atomic E-state index is -4.47. The second-order valence-corrected chi connectivity index (χ2v) is 3.95. The first-order valence-electron chi connectivity index (χ1n) is 5.56. The number of nitriles is 1. The van der Waals surface area contributed by atoms with Crippen LogP contribution in [0.5, 0.6) is 0 Å². The van der Waals surface area contributed by atoms with Crippen LogP contribution in [0.1, 0.15) is 11.1 Å². The zero-order chi connectivity index (χ0) is 14.8. The first kappa shape index (κ1) is 13.8. The average molecular weight is 278 g/mol. The highest BCUT2D eigenvalue weighted by Crippen LogP contribution is 2.33. The Morgan fingerprint density at radius 3 is 2.55 bits per heavy atom. The summed E-state index contributed by atoms with van der Waals surface area (Å²) in [6.07, 6.45) is -1.78. The molecule has 0 amide bonds. The molecule has 2 heterocycles. The Balaban J connectivity index is 2.59. The maximum absolute atomic E-state index is 12.8. The highest BCUT2D eigenvalue weighted by molar-refractivity contribution is 5.63. The van der Waals surface area contributed by atoms with Crippen LogP contribution in [0.15, 0.2) is 30.6 Å². The fraction of sp³-hybridized carbons (Fsp3) is 0.154. The van der Waals surface area contributed by atoms with E-state index in [1.807, 2.05) is 6.07 Å². The lowest BCUT2D eigenvalue weighted by molar-refractivity contribution is -0.137. The molecule has 102 valence electrons. The molecule has 0 bridgehead atoms. The molecule has 2 aromatic rings. The second-order valence-electron chi connectivity index (χ2n) is 3.95. The Morgan fingerprint density at radius 2 is 1.95 bits per heavy atom. The zero-order valence-electron chi connectivity index (χ0n) is 10.4. The standard InChI is InChI=1S/C13H9F3N4/c1-18-12-4-10(13(14,15)16)3-11(20-12)9-2-8(5-17)6-19-7-9/h2-4,6-7H,1H3,(H,18,20). The number of nitrogens with one attached hydrogen (secondary N) is 1. The third kappa shape index (κ3) is 2.85. The molecule has 0 fully saturated rings. The number of hydrogen-bond acceptors (Lipinski definition) is 4. The molecular weight excluding hydrogens is 269 g/mol. The molecule has 0 aliphatic rings. The molecule has 0 saturated carbocycles. The summed E-state index contributed by atoms with van der Waals surface area (Å²) in [5.41, 5.74) is -0.0950. The molecule has 0 radical (unpaired) electrons. The summed E-state index contributed by atoms with van der Waals surface area (Å²) in [5, 5.41) is 11.4. The molecule has 4 nitrogen and oxygen atoms in total. The highest BCUT2D eigenvalue weighted by Gasteiger charge is 2.31. The first-order chi connectivity index (χ1) is 9.44. The van der Waals surface area contributed by atoms with Crippen molar-refractivity contribution in [2.24, 2.45) is 0 Å². The average Bonchev–Trinajstić information content (AvgIpc) is 2.46. The van der Waals surface area contributed by atoms with Crippen molar-refractivity contribution < 1.29 is 13.2 Å². The lowest BCUT2D eigenvalue weighted by Gasteiger charge is -2.11. The third-order valence-electron chi connectivity index (χ3n) is 2.57. The van der Waals surface area contributed by atoms with Crippen LogP contribution < -0.4 is 5.32 Å². The molecule has 20 heavy (non-hydrogen) atoms. The number of nitrogens with zero attached hydrogens (tertiary/aromatic N) is 3. The van der Waals surface area contributed by atoms with Gasteiger partial charge in [-0.15, -0.1) is 0 Å². The van der Waals surface area contributed by atoms with Gasteiger partial charge in [0.25, 0.3) is 0 Å². The summed E-state index contributed by atoms with van der Waals surface area (Å²) in [5.74, 6) is 0.0946. The summed E-state index contributed by atoms with van der Waals surface area (Å²) in [6, 6.07) is 5.17. The summed E-state index contributed by atoms with van der Waals surface area (Å²) >= 11 is 0. The van der Waals surface area contributed by atoms with Crippen LogP contribution in [0.25, 0.3) is 11.3 Å². The maximum Gasteiger partial charge on any atom is 0.416 e. The fourth-order valence-corrected chi connectivity index (χ4v) is 1.61. The molecule has 7 heteroatoms. The van der Waals surface area contributed by atoms with E-state index < -0.39 is 11.7 Å². The molecule has 0 saturated heterocycles. The number of hydrogen-bond donors (Lipinski definition) is 1. The third-order valence-corrected chi connectivity index (χ3v) is 2.57. The quantitative estimate of drug-likeness (QED) is 0.917. The molecule has 1 N–H and O–H groups in total. The van der Waals surface area contributed by atoms with Gasteiger partial charge in [0.1, 0.15) is 11.9 Å². The number of aromatic nitrogens is 2. The lowest BCUT2D eigenvalue weighted by Crippen LogP contribution is -2.07. The number of pyridine rings is 2. The van der Waals surface area contributed by atoms with Crippen LogP contribution in [0.2, 0.25) is 0 Å². The maximum atomic E-state index is 12.8. The van der Waals surface area contributed by atoms with Crippen LogP contribution in [0.4, 0.5) is 19.0 Å². The van der Waals surface area contributed by atoms with Crippen molar-refractivity contribution in [3.05, 3.63) is 41.7 Å². The highest BCUT2D eigenvalue weighted by atomic mass is 19.4. The van der Waals surface area contributed by atoms with Crippen molar-refractivity contribution in [2.45, 2.75) is 6.18 Å². The summed E-state index contributed by atoms with van der Waals surface area (Å²) in [7, 11) is 1.48. The van der Waals surface area contributed by atoms with Crippen molar-refractivity contribution in [1.82, 2.24) is 9.97 Å². The van der Waals surface area contributed by atoms with Crippen molar-refractivity contribution in [1.29, 1.82) is 5.26 Å². The van der Waals surface area contributed by atoms with E-state index in [0.717, 1.165) is 12.1 Å². The van der Waals surface area contributed by atoms with Gasteiger partial charge in [0.2, 0.25) is 0 Å². The predicted molar refractivity (Wildman–Crippen MR) is 66.7 cm³/mol. The van der Waals surface area contributed by atoms with Crippen molar-refractivity contribution >= 4 is 5.82 Å². The molecule has 0 atom stereocenters. The van der Waals surface area contributed by atoms with Crippen LogP contribution in [0, 0.1) is 11.3 Å². The van der Waals surface area contributed by atoms with Gasteiger partial charge in [-0.1, -0.05) is 0 Å². The smallest absolute Gasteiger partial charge is 0.373 e. The van der Waals surface area contributed by atoms with E-state index in [1.165, 1.54) is 25.5 Å². The molecular formula is C13H9F3N4. The summed E-state index contributed by atoms with van der Waals surface area (Å²) in [6.45, 7) is 0. The largest absolute Gasteiger partial charge is 0.416 e. The minimum absolute atomic E-state index is 0.0946. The monoisotopic (exact) mass is 278 g/mol. The van der Waals surface area contributed by atoms with Gasteiger partial charge < -0.3 is 5.32 Å². The van der Waals surface area contributed by atoms with Gasteiger partial charge in [-0.2, -0.15) is 18.4 Å². The molecule has 0 spiro atoms. The van der Waals surface area contributed by atoms with Gasteiger partial charge in [-0.25, -0.2) is 4.98 Å². The molecule has 0 aliphatic carbocycles. The molecule has 0 aromatic carbocycles. The van der Waals surface area contributed by atoms with E-state index in [9.17, 15) is 13.2 Å². The lowest BCUT2D eigenvalue weighted by atomic mass is 10.1. The molecule has 0 aliphatic heterocycles.